The molecule has 2 atom stereocenters. The van der Waals surface area contributed by atoms with E-state index >= 15 is 0 Å². The average molecular weight is 330 g/mol. The van der Waals surface area contributed by atoms with E-state index in [0.29, 0.717) is 0 Å². The maximum absolute atomic E-state index is 11.1. The molecule has 84 valence electrons. The van der Waals surface area contributed by atoms with Gasteiger partial charge in [-0.25, -0.2) is 0 Å². The van der Waals surface area contributed by atoms with Gasteiger partial charge >= 0.3 is 5.97 Å². The summed E-state index contributed by atoms with van der Waals surface area (Å²) in [6.07, 6.45) is 5.90. The molecule has 2 nitrogen and oxygen atoms in total. The van der Waals surface area contributed by atoms with Crippen molar-refractivity contribution in [2.24, 2.45) is 0 Å². The van der Waals surface area contributed by atoms with Crippen LogP contribution in [0, 0.1) is 0 Å². The number of unbranched alkanes of at least 4 members (excludes halogenated alkanes) is 3. The van der Waals surface area contributed by atoms with Crippen LogP contribution in [0.15, 0.2) is 0 Å². The van der Waals surface area contributed by atoms with E-state index in [4.69, 9.17) is 0 Å². The van der Waals surface area contributed by atoms with Crippen molar-refractivity contribution < 1.29 is 9.53 Å². The first-order valence-corrected chi connectivity index (χ1v) is 6.82. The molecule has 0 heterocycles. The van der Waals surface area contributed by atoms with Gasteiger partial charge in [-0.2, -0.15) is 0 Å². The first-order chi connectivity index (χ1) is 6.63. The maximum atomic E-state index is 11.1. The van der Waals surface area contributed by atoms with E-state index in [0.717, 1.165) is 12.8 Å². The Bertz CT molecular complexity index is 162. The van der Waals surface area contributed by atoms with Crippen LogP contribution in [0.5, 0.6) is 0 Å². The summed E-state index contributed by atoms with van der Waals surface area (Å²) in [4.78, 5) is 11.1. The van der Waals surface area contributed by atoms with Gasteiger partial charge in [0.2, 0.25) is 0 Å². The average Bonchev–Trinajstić information content (AvgIpc) is 2.21. The first-order valence-electron chi connectivity index (χ1n) is 4.99. The van der Waals surface area contributed by atoms with Gasteiger partial charge in [0.15, 0.2) is 0 Å². The minimum atomic E-state index is -0.228. The number of hydrogen-bond donors (Lipinski definition) is 0. The van der Waals surface area contributed by atoms with Gasteiger partial charge in [0.25, 0.3) is 0 Å². The van der Waals surface area contributed by atoms with Crippen molar-refractivity contribution in [1.29, 1.82) is 0 Å². The smallest absolute Gasteiger partial charge is 0.320 e. The molecule has 4 heteroatoms. The van der Waals surface area contributed by atoms with Crippen LogP contribution < -0.4 is 0 Å². The first kappa shape index (κ1) is 14.4. The molecule has 0 rings (SSSR count). The topological polar surface area (TPSA) is 26.3 Å². The van der Waals surface area contributed by atoms with E-state index in [9.17, 15) is 4.79 Å². The van der Waals surface area contributed by atoms with Crippen LogP contribution in [0.3, 0.4) is 0 Å². The Morgan fingerprint density at radius 1 is 1.29 bits per heavy atom. The fourth-order valence-electron chi connectivity index (χ4n) is 1.17. The molecule has 0 N–H and O–H groups in total. The quantitative estimate of drug-likeness (QED) is 0.405. The Kier molecular flexibility index (Phi) is 8.98. The minimum Gasteiger partial charge on any atom is -0.468 e. The van der Waals surface area contributed by atoms with E-state index < -0.39 is 0 Å². The highest BCUT2D eigenvalue weighted by Crippen LogP contribution is 2.21. The van der Waals surface area contributed by atoms with Crippen molar-refractivity contribution in [2.45, 2.75) is 48.7 Å². The molecule has 0 saturated carbocycles. The zero-order chi connectivity index (χ0) is 11.0. The monoisotopic (exact) mass is 328 g/mol. The Labute approximate surface area is 103 Å². The lowest BCUT2D eigenvalue weighted by Crippen LogP contribution is -2.25. The molecule has 0 aromatic heterocycles. The summed E-state index contributed by atoms with van der Waals surface area (Å²) < 4.78 is 4.64. The highest BCUT2D eigenvalue weighted by molar-refractivity contribution is 9.12. The molecule has 0 saturated heterocycles. The Hall–Kier alpha value is 0.430. The van der Waals surface area contributed by atoms with Gasteiger partial charge in [0, 0.05) is 4.83 Å². The van der Waals surface area contributed by atoms with E-state index in [2.05, 4.69) is 43.5 Å². The van der Waals surface area contributed by atoms with Crippen molar-refractivity contribution in [3.63, 3.8) is 0 Å². The SMILES string of the molecule is CCCCCC[C@H](Br)[C@H](Br)C(=O)OC. The molecule has 0 unspecified atom stereocenters. The normalized spacial score (nSPS) is 14.9. The highest BCUT2D eigenvalue weighted by Gasteiger charge is 2.23. The minimum absolute atomic E-state index is 0.173. The Morgan fingerprint density at radius 3 is 2.43 bits per heavy atom. The molecule has 0 spiro atoms. The molecule has 0 aromatic rings. The summed E-state index contributed by atoms with van der Waals surface area (Å²) in [6, 6.07) is 0. The zero-order valence-corrected chi connectivity index (χ0v) is 11.9. The Balaban J connectivity index is 3.61. The molecule has 0 radical (unpaired) electrons. The van der Waals surface area contributed by atoms with Crippen LogP contribution in [-0.4, -0.2) is 22.7 Å². The second kappa shape index (κ2) is 8.72. The molecule has 0 amide bonds. The van der Waals surface area contributed by atoms with Gasteiger partial charge in [0.05, 0.1) is 7.11 Å². The van der Waals surface area contributed by atoms with Crippen molar-refractivity contribution in [3.05, 3.63) is 0 Å². The standard InChI is InChI=1S/C10H18Br2O2/c1-3-4-5-6-7-8(11)9(12)10(13)14-2/h8-9H,3-7H2,1-2H3/t8-,9-/m0/s1. The number of alkyl halides is 2. The number of halogens is 2. The molecule has 0 aliphatic carbocycles. The fourth-order valence-corrected chi connectivity index (χ4v) is 2.16. The fraction of sp³-hybridized carbons (Fsp3) is 0.900. The molecule has 0 aliphatic heterocycles. The number of rotatable bonds is 7. The van der Waals surface area contributed by atoms with Crippen LogP contribution in [-0.2, 0) is 9.53 Å². The van der Waals surface area contributed by atoms with Gasteiger partial charge in [-0.15, -0.1) is 0 Å². The molecule has 0 fully saturated rings. The third-order valence-corrected chi connectivity index (χ3v) is 4.79. The number of ether oxygens (including phenoxy) is 1. The summed E-state index contributed by atoms with van der Waals surface area (Å²) in [5.41, 5.74) is 0. The van der Waals surface area contributed by atoms with Crippen LogP contribution >= 0.6 is 31.9 Å². The third-order valence-electron chi connectivity index (χ3n) is 2.08. The number of hydrogen-bond acceptors (Lipinski definition) is 2. The van der Waals surface area contributed by atoms with Crippen LogP contribution in [0.1, 0.15) is 39.0 Å². The third kappa shape index (κ3) is 6.02. The lowest BCUT2D eigenvalue weighted by atomic mass is 10.1. The van der Waals surface area contributed by atoms with Gasteiger partial charge in [0.1, 0.15) is 4.83 Å². The molecule has 0 bridgehead atoms. The van der Waals surface area contributed by atoms with Gasteiger partial charge in [-0.05, 0) is 6.42 Å². The Morgan fingerprint density at radius 2 is 1.93 bits per heavy atom. The molecule has 0 aliphatic rings. The molecular formula is C10H18Br2O2. The summed E-state index contributed by atoms with van der Waals surface area (Å²) in [5, 5.41) is 0. The molecule has 14 heavy (non-hydrogen) atoms. The van der Waals surface area contributed by atoms with Crippen LogP contribution in [0.25, 0.3) is 0 Å². The largest absolute Gasteiger partial charge is 0.468 e. The maximum Gasteiger partial charge on any atom is 0.320 e. The number of carbonyl (C=O) groups is 1. The molecular weight excluding hydrogens is 312 g/mol. The number of esters is 1. The van der Waals surface area contributed by atoms with Crippen molar-refractivity contribution in [2.75, 3.05) is 7.11 Å². The second-order valence-electron chi connectivity index (χ2n) is 3.29. The lowest BCUT2D eigenvalue weighted by Gasteiger charge is -2.14. The van der Waals surface area contributed by atoms with Crippen LogP contribution in [0.4, 0.5) is 0 Å². The summed E-state index contributed by atoms with van der Waals surface area (Å²) >= 11 is 6.81. The van der Waals surface area contributed by atoms with Crippen molar-refractivity contribution >= 4 is 37.8 Å². The van der Waals surface area contributed by atoms with Crippen molar-refractivity contribution in [3.8, 4) is 0 Å². The zero-order valence-electron chi connectivity index (χ0n) is 8.76. The van der Waals surface area contributed by atoms with E-state index in [-0.39, 0.29) is 15.6 Å². The molecule has 0 aromatic carbocycles. The summed E-state index contributed by atoms with van der Waals surface area (Å²) in [5.74, 6) is -0.206. The van der Waals surface area contributed by atoms with E-state index in [1.165, 1.54) is 26.4 Å². The highest BCUT2D eigenvalue weighted by atomic mass is 79.9. The van der Waals surface area contributed by atoms with Crippen LogP contribution in [0.2, 0.25) is 0 Å². The van der Waals surface area contributed by atoms with Gasteiger partial charge < -0.3 is 4.74 Å². The predicted molar refractivity (Wildman–Crippen MR) is 66.2 cm³/mol. The van der Waals surface area contributed by atoms with Gasteiger partial charge in [-0.3, -0.25) is 4.79 Å². The number of carbonyl (C=O) groups excluding carboxylic acids is 1. The van der Waals surface area contributed by atoms with E-state index in [1.807, 2.05) is 0 Å². The summed E-state index contributed by atoms with van der Waals surface area (Å²) in [7, 11) is 1.41. The number of methoxy groups -OCH3 is 1. The summed E-state index contributed by atoms with van der Waals surface area (Å²) in [6.45, 7) is 2.19. The second-order valence-corrected chi connectivity index (χ2v) is 5.45. The predicted octanol–water partition coefficient (Wildman–Crippen LogP) is 3.66. The van der Waals surface area contributed by atoms with Crippen molar-refractivity contribution in [1.82, 2.24) is 0 Å². The lowest BCUT2D eigenvalue weighted by molar-refractivity contribution is -0.139. The van der Waals surface area contributed by atoms with E-state index in [1.54, 1.807) is 0 Å². The van der Waals surface area contributed by atoms with Gasteiger partial charge in [-0.1, -0.05) is 64.5 Å².